The second kappa shape index (κ2) is 8.50. The van der Waals surface area contributed by atoms with Crippen LogP contribution in [-0.4, -0.2) is 40.5 Å². The van der Waals surface area contributed by atoms with E-state index in [1.54, 1.807) is 25.5 Å². The summed E-state index contributed by atoms with van der Waals surface area (Å²) in [7, 11) is 1.75. The molecule has 0 radical (unpaired) electrons. The normalized spacial score (nSPS) is 11.8. The molecule has 134 valence electrons. The topological polar surface area (TPSA) is 106 Å². The number of hydrogen-bond acceptors (Lipinski definition) is 7. The van der Waals surface area contributed by atoms with Gasteiger partial charge in [0.15, 0.2) is 0 Å². The SMILES string of the molecule is CNc1nccc(-c2ncc(C(=O)N[C@@H](CN)Cc3ccccc3)s2)n1. The standard InChI is InChI=1S/C18H20N6OS/c1-20-18-21-8-7-14(24-18)17-22-11-15(26-17)16(25)23-13(10-19)9-12-5-3-2-4-6-12/h2-8,11,13H,9-10,19H2,1H3,(H,23,25)(H,20,21,24)/t13-/m1/s1. The Hall–Kier alpha value is -2.84. The predicted octanol–water partition coefficient (Wildman–Crippen LogP) is 1.94. The van der Waals surface area contributed by atoms with E-state index < -0.39 is 0 Å². The lowest BCUT2D eigenvalue weighted by Crippen LogP contribution is -2.41. The van der Waals surface area contributed by atoms with Crippen molar-refractivity contribution in [3.8, 4) is 10.7 Å². The van der Waals surface area contributed by atoms with Crippen LogP contribution in [0.4, 0.5) is 5.95 Å². The van der Waals surface area contributed by atoms with Gasteiger partial charge < -0.3 is 16.4 Å². The summed E-state index contributed by atoms with van der Waals surface area (Å²) in [5, 5.41) is 6.53. The molecule has 0 fully saturated rings. The Morgan fingerprint density at radius 3 is 2.77 bits per heavy atom. The van der Waals surface area contributed by atoms with E-state index in [0.717, 1.165) is 5.56 Å². The van der Waals surface area contributed by atoms with Crippen LogP contribution in [0.15, 0.2) is 48.8 Å². The van der Waals surface area contributed by atoms with E-state index >= 15 is 0 Å². The van der Waals surface area contributed by atoms with E-state index in [0.29, 0.717) is 34.5 Å². The zero-order valence-corrected chi connectivity index (χ0v) is 15.2. The number of carbonyl (C=O) groups is 1. The van der Waals surface area contributed by atoms with Gasteiger partial charge in [0.1, 0.15) is 15.6 Å². The summed E-state index contributed by atoms with van der Waals surface area (Å²) in [5.41, 5.74) is 7.63. The molecule has 7 nitrogen and oxygen atoms in total. The summed E-state index contributed by atoms with van der Waals surface area (Å²) in [5.74, 6) is 0.331. The highest BCUT2D eigenvalue weighted by atomic mass is 32.1. The zero-order chi connectivity index (χ0) is 18.4. The molecule has 0 saturated heterocycles. The summed E-state index contributed by atoms with van der Waals surface area (Å²) < 4.78 is 0. The molecule has 1 atom stereocenters. The molecule has 0 spiro atoms. The molecular formula is C18H20N6OS. The third-order valence-corrected chi connectivity index (χ3v) is 4.79. The van der Waals surface area contributed by atoms with Gasteiger partial charge in [-0.1, -0.05) is 30.3 Å². The number of nitrogens with one attached hydrogen (secondary N) is 2. The number of nitrogens with two attached hydrogens (primary N) is 1. The lowest BCUT2D eigenvalue weighted by Gasteiger charge is -2.16. The average molecular weight is 368 g/mol. The molecule has 3 aromatic rings. The third-order valence-electron chi connectivity index (χ3n) is 3.77. The molecule has 0 aliphatic carbocycles. The van der Waals surface area contributed by atoms with Crippen LogP contribution in [0, 0.1) is 0 Å². The van der Waals surface area contributed by atoms with Crippen LogP contribution in [-0.2, 0) is 6.42 Å². The number of aromatic nitrogens is 3. The maximum absolute atomic E-state index is 12.5. The maximum Gasteiger partial charge on any atom is 0.263 e. The maximum atomic E-state index is 12.5. The first kappa shape index (κ1) is 18.0. The fraction of sp³-hybridized carbons (Fsp3) is 0.222. The van der Waals surface area contributed by atoms with Gasteiger partial charge in [0.05, 0.1) is 6.20 Å². The van der Waals surface area contributed by atoms with Crippen LogP contribution < -0.4 is 16.4 Å². The quantitative estimate of drug-likeness (QED) is 0.588. The molecule has 0 unspecified atom stereocenters. The Bertz CT molecular complexity index is 867. The second-order valence-corrected chi connectivity index (χ2v) is 6.67. The molecule has 4 N–H and O–H groups in total. The lowest BCUT2D eigenvalue weighted by atomic mass is 10.1. The zero-order valence-electron chi connectivity index (χ0n) is 14.3. The van der Waals surface area contributed by atoms with Gasteiger partial charge in [0.25, 0.3) is 5.91 Å². The van der Waals surface area contributed by atoms with Gasteiger partial charge in [0.2, 0.25) is 5.95 Å². The molecule has 0 aliphatic heterocycles. The first-order chi connectivity index (χ1) is 12.7. The van der Waals surface area contributed by atoms with E-state index in [-0.39, 0.29) is 11.9 Å². The van der Waals surface area contributed by atoms with E-state index in [1.165, 1.54) is 11.3 Å². The van der Waals surface area contributed by atoms with Gasteiger partial charge >= 0.3 is 0 Å². The molecule has 3 rings (SSSR count). The Balaban J connectivity index is 1.69. The smallest absolute Gasteiger partial charge is 0.263 e. The molecule has 0 bridgehead atoms. The first-order valence-corrected chi connectivity index (χ1v) is 9.03. The van der Waals surface area contributed by atoms with Crippen LogP contribution in [0.2, 0.25) is 0 Å². The minimum atomic E-state index is -0.178. The van der Waals surface area contributed by atoms with E-state index in [4.69, 9.17) is 5.73 Å². The summed E-state index contributed by atoms with van der Waals surface area (Å²) in [6.07, 6.45) is 3.90. The van der Waals surface area contributed by atoms with Gasteiger partial charge in [-0.2, -0.15) is 0 Å². The Kier molecular flexibility index (Phi) is 5.88. The average Bonchev–Trinajstić information content (AvgIpc) is 3.18. The van der Waals surface area contributed by atoms with Crippen LogP contribution in [0.1, 0.15) is 15.2 Å². The summed E-state index contributed by atoms with van der Waals surface area (Å²) >= 11 is 1.29. The Morgan fingerprint density at radius 1 is 1.23 bits per heavy atom. The van der Waals surface area contributed by atoms with Crippen molar-refractivity contribution in [2.45, 2.75) is 12.5 Å². The highest BCUT2D eigenvalue weighted by Gasteiger charge is 2.17. The Morgan fingerprint density at radius 2 is 2.04 bits per heavy atom. The second-order valence-electron chi connectivity index (χ2n) is 5.64. The van der Waals surface area contributed by atoms with E-state index in [1.807, 2.05) is 30.3 Å². The highest BCUT2D eigenvalue weighted by Crippen LogP contribution is 2.24. The minimum Gasteiger partial charge on any atom is -0.357 e. The largest absolute Gasteiger partial charge is 0.357 e. The first-order valence-electron chi connectivity index (χ1n) is 8.21. The van der Waals surface area contributed by atoms with Crippen molar-refractivity contribution >= 4 is 23.2 Å². The summed E-state index contributed by atoms with van der Waals surface area (Å²) in [6.45, 7) is 0.365. The summed E-state index contributed by atoms with van der Waals surface area (Å²) in [6, 6.07) is 11.6. The van der Waals surface area contributed by atoms with Crippen molar-refractivity contribution in [2.24, 2.45) is 5.73 Å². The monoisotopic (exact) mass is 368 g/mol. The molecule has 0 aliphatic rings. The molecule has 1 aromatic carbocycles. The number of thiazole rings is 1. The van der Waals surface area contributed by atoms with Crippen molar-refractivity contribution < 1.29 is 4.79 Å². The molecular weight excluding hydrogens is 348 g/mol. The van der Waals surface area contributed by atoms with Crippen LogP contribution in [0.3, 0.4) is 0 Å². The van der Waals surface area contributed by atoms with Gasteiger partial charge in [-0.3, -0.25) is 4.79 Å². The van der Waals surface area contributed by atoms with Gasteiger partial charge in [-0.05, 0) is 18.1 Å². The highest BCUT2D eigenvalue weighted by molar-refractivity contribution is 7.16. The van der Waals surface area contributed by atoms with Gasteiger partial charge in [0, 0.05) is 25.8 Å². The van der Waals surface area contributed by atoms with Crippen molar-refractivity contribution in [1.82, 2.24) is 20.3 Å². The van der Waals surface area contributed by atoms with Crippen LogP contribution in [0.25, 0.3) is 10.7 Å². The van der Waals surface area contributed by atoms with E-state index in [9.17, 15) is 4.79 Å². The fourth-order valence-electron chi connectivity index (χ4n) is 2.44. The number of benzene rings is 1. The van der Waals surface area contributed by atoms with Crippen LogP contribution >= 0.6 is 11.3 Å². The van der Waals surface area contributed by atoms with Gasteiger partial charge in [-0.15, -0.1) is 11.3 Å². The molecule has 1 amide bonds. The predicted molar refractivity (Wildman–Crippen MR) is 103 cm³/mol. The van der Waals surface area contributed by atoms with Crippen molar-refractivity contribution in [2.75, 3.05) is 18.9 Å². The lowest BCUT2D eigenvalue weighted by molar-refractivity contribution is 0.0942. The fourth-order valence-corrected chi connectivity index (χ4v) is 3.23. The van der Waals surface area contributed by atoms with Gasteiger partial charge in [-0.25, -0.2) is 15.0 Å². The van der Waals surface area contributed by atoms with E-state index in [2.05, 4.69) is 25.6 Å². The number of carbonyl (C=O) groups excluding carboxylic acids is 1. The molecule has 0 saturated carbocycles. The number of hydrogen-bond donors (Lipinski definition) is 3. The number of anilines is 1. The minimum absolute atomic E-state index is 0.134. The van der Waals surface area contributed by atoms with Crippen molar-refractivity contribution in [1.29, 1.82) is 0 Å². The number of rotatable bonds is 7. The summed E-state index contributed by atoms with van der Waals surface area (Å²) in [4.78, 5) is 25.8. The van der Waals surface area contributed by atoms with Crippen molar-refractivity contribution in [3.63, 3.8) is 0 Å². The molecule has 26 heavy (non-hydrogen) atoms. The Labute approximate surface area is 155 Å². The van der Waals surface area contributed by atoms with Crippen molar-refractivity contribution in [3.05, 3.63) is 59.2 Å². The number of nitrogens with zero attached hydrogens (tertiary/aromatic N) is 3. The molecule has 2 aromatic heterocycles. The third kappa shape index (κ3) is 4.41. The molecule has 8 heteroatoms. The van der Waals surface area contributed by atoms with Crippen LogP contribution in [0.5, 0.6) is 0 Å². The molecule has 2 heterocycles. The number of amides is 1.